The van der Waals surface area contributed by atoms with Gasteiger partial charge in [0.2, 0.25) is 0 Å². The molecule has 0 aliphatic heterocycles. The summed E-state index contributed by atoms with van der Waals surface area (Å²) in [6.07, 6.45) is 3.18. The molecule has 1 nitrogen and oxygen atoms in total. The van der Waals surface area contributed by atoms with E-state index in [1.807, 2.05) is 25.1 Å². The van der Waals surface area contributed by atoms with Gasteiger partial charge < -0.3 is 5.11 Å². The Morgan fingerprint density at radius 1 is 1.31 bits per heavy atom. The quantitative estimate of drug-likeness (QED) is 0.749. The highest BCUT2D eigenvalue weighted by Crippen LogP contribution is 2.41. The fraction of sp³-hybridized carbons (Fsp3) is 0.500. The van der Waals surface area contributed by atoms with Gasteiger partial charge in [0.25, 0.3) is 0 Å². The van der Waals surface area contributed by atoms with E-state index in [1.54, 1.807) is 0 Å². The van der Waals surface area contributed by atoms with E-state index in [9.17, 15) is 5.11 Å². The number of aliphatic hydroxyl groups is 1. The zero-order valence-electron chi connectivity index (χ0n) is 8.03. The average molecular weight is 176 g/mol. The third-order valence-electron chi connectivity index (χ3n) is 2.86. The maximum Gasteiger partial charge on any atom is 0.0687 e. The smallest absolute Gasteiger partial charge is 0.0687 e. The standard InChI is InChI=1S/C12H16O/c1-12(13,11-7-8-11)9-10-5-3-2-4-6-10/h2-6,11,13H,7-9H2,1H3. The third-order valence-corrected chi connectivity index (χ3v) is 2.86. The van der Waals surface area contributed by atoms with Crippen LogP contribution in [0.3, 0.4) is 0 Å². The van der Waals surface area contributed by atoms with Gasteiger partial charge in [-0.15, -0.1) is 0 Å². The summed E-state index contributed by atoms with van der Waals surface area (Å²) < 4.78 is 0. The van der Waals surface area contributed by atoms with Crippen molar-refractivity contribution in [3.8, 4) is 0 Å². The number of rotatable bonds is 3. The van der Waals surface area contributed by atoms with Crippen LogP contribution in [0.1, 0.15) is 25.3 Å². The first kappa shape index (κ1) is 8.76. The van der Waals surface area contributed by atoms with Gasteiger partial charge in [0.1, 0.15) is 0 Å². The zero-order valence-corrected chi connectivity index (χ0v) is 8.03. The molecule has 1 unspecified atom stereocenters. The normalized spacial score (nSPS) is 21.1. The molecular formula is C12H16O. The fourth-order valence-corrected chi connectivity index (χ4v) is 1.86. The van der Waals surface area contributed by atoms with Crippen LogP contribution < -0.4 is 0 Å². The van der Waals surface area contributed by atoms with E-state index in [1.165, 1.54) is 18.4 Å². The van der Waals surface area contributed by atoms with E-state index < -0.39 is 5.60 Å². The van der Waals surface area contributed by atoms with E-state index in [0.717, 1.165) is 6.42 Å². The molecule has 0 radical (unpaired) electrons. The Morgan fingerprint density at radius 3 is 2.46 bits per heavy atom. The molecule has 0 spiro atoms. The minimum Gasteiger partial charge on any atom is -0.390 e. The first-order valence-electron chi connectivity index (χ1n) is 4.95. The van der Waals surface area contributed by atoms with Crippen molar-refractivity contribution in [2.24, 2.45) is 5.92 Å². The van der Waals surface area contributed by atoms with Gasteiger partial charge in [-0.05, 0) is 31.2 Å². The van der Waals surface area contributed by atoms with E-state index in [0.29, 0.717) is 5.92 Å². The topological polar surface area (TPSA) is 20.2 Å². The van der Waals surface area contributed by atoms with Crippen molar-refractivity contribution in [2.45, 2.75) is 31.8 Å². The predicted molar refractivity (Wildman–Crippen MR) is 53.5 cm³/mol. The summed E-state index contributed by atoms with van der Waals surface area (Å²) in [7, 11) is 0. The lowest BCUT2D eigenvalue weighted by Gasteiger charge is -2.22. The van der Waals surface area contributed by atoms with Crippen molar-refractivity contribution in [1.29, 1.82) is 0 Å². The first-order chi connectivity index (χ1) is 6.18. The maximum atomic E-state index is 10.1. The largest absolute Gasteiger partial charge is 0.390 e. The molecule has 1 aromatic rings. The molecule has 1 heteroatoms. The van der Waals surface area contributed by atoms with Crippen molar-refractivity contribution in [2.75, 3.05) is 0 Å². The van der Waals surface area contributed by atoms with E-state index in [4.69, 9.17) is 0 Å². The molecule has 1 aromatic carbocycles. The van der Waals surface area contributed by atoms with Gasteiger partial charge in [-0.3, -0.25) is 0 Å². The van der Waals surface area contributed by atoms with Gasteiger partial charge in [0.15, 0.2) is 0 Å². The Labute approximate surface area is 79.4 Å². The van der Waals surface area contributed by atoms with Crippen molar-refractivity contribution >= 4 is 0 Å². The Bertz CT molecular complexity index is 272. The highest BCUT2D eigenvalue weighted by Gasteiger charge is 2.39. The minimum atomic E-state index is -0.485. The van der Waals surface area contributed by atoms with Crippen LogP contribution in [-0.4, -0.2) is 10.7 Å². The summed E-state index contributed by atoms with van der Waals surface area (Å²) in [4.78, 5) is 0. The molecule has 1 aliphatic carbocycles. The average Bonchev–Trinajstić information content (AvgIpc) is 2.87. The summed E-state index contributed by atoms with van der Waals surface area (Å²) in [5.74, 6) is 0.535. The highest BCUT2D eigenvalue weighted by molar-refractivity contribution is 5.17. The molecular weight excluding hydrogens is 160 g/mol. The second kappa shape index (κ2) is 3.15. The van der Waals surface area contributed by atoms with Crippen molar-refractivity contribution in [3.05, 3.63) is 35.9 Å². The van der Waals surface area contributed by atoms with Crippen LogP contribution in [0.25, 0.3) is 0 Å². The van der Waals surface area contributed by atoms with Crippen LogP contribution in [0.4, 0.5) is 0 Å². The van der Waals surface area contributed by atoms with Gasteiger partial charge in [0.05, 0.1) is 5.60 Å². The van der Waals surface area contributed by atoms with Crippen LogP contribution >= 0.6 is 0 Å². The lowest BCUT2D eigenvalue weighted by Crippen LogP contribution is -2.29. The summed E-state index contributed by atoms with van der Waals surface area (Å²) in [5.41, 5.74) is 0.751. The molecule has 0 heterocycles. The molecule has 1 atom stereocenters. The predicted octanol–water partition coefficient (Wildman–Crippen LogP) is 2.39. The van der Waals surface area contributed by atoms with Gasteiger partial charge in [0, 0.05) is 6.42 Å². The molecule has 70 valence electrons. The fourth-order valence-electron chi connectivity index (χ4n) is 1.86. The van der Waals surface area contributed by atoms with Crippen LogP contribution in [0, 0.1) is 5.92 Å². The second-order valence-electron chi connectivity index (χ2n) is 4.29. The molecule has 1 N–H and O–H groups in total. The van der Waals surface area contributed by atoms with Crippen LogP contribution in [0.15, 0.2) is 30.3 Å². The number of hydrogen-bond acceptors (Lipinski definition) is 1. The zero-order chi connectivity index (χ0) is 9.31. The van der Waals surface area contributed by atoms with Gasteiger partial charge in [-0.2, -0.15) is 0 Å². The Hall–Kier alpha value is -0.820. The van der Waals surface area contributed by atoms with E-state index in [2.05, 4.69) is 12.1 Å². The van der Waals surface area contributed by atoms with Gasteiger partial charge in [-0.1, -0.05) is 30.3 Å². The number of hydrogen-bond donors (Lipinski definition) is 1. The van der Waals surface area contributed by atoms with Crippen LogP contribution in [-0.2, 0) is 6.42 Å². The Morgan fingerprint density at radius 2 is 1.92 bits per heavy atom. The maximum absolute atomic E-state index is 10.1. The highest BCUT2D eigenvalue weighted by atomic mass is 16.3. The van der Waals surface area contributed by atoms with Crippen LogP contribution in [0.5, 0.6) is 0 Å². The van der Waals surface area contributed by atoms with E-state index >= 15 is 0 Å². The third kappa shape index (κ3) is 2.10. The lowest BCUT2D eigenvalue weighted by atomic mass is 9.92. The number of benzene rings is 1. The Balaban J connectivity index is 2.04. The van der Waals surface area contributed by atoms with Crippen molar-refractivity contribution < 1.29 is 5.11 Å². The monoisotopic (exact) mass is 176 g/mol. The second-order valence-corrected chi connectivity index (χ2v) is 4.29. The van der Waals surface area contributed by atoms with Gasteiger partial charge in [-0.25, -0.2) is 0 Å². The minimum absolute atomic E-state index is 0.485. The lowest BCUT2D eigenvalue weighted by molar-refractivity contribution is 0.0372. The molecule has 1 saturated carbocycles. The SMILES string of the molecule is CC(O)(Cc1ccccc1)C1CC1. The molecule has 1 fully saturated rings. The van der Waals surface area contributed by atoms with Crippen LogP contribution in [0.2, 0.25) is 0 Å². The molecule has 13 heavy (non-hydrogen) atoms. The molecule has 0 aromatic heterocycles. The van der Waals surface area contributed by atoms with Crippen molar-refractivity contribution in [1.82, 2.24) is 0 Å². The van der Waals surface area contributed by atoms with Gasteiger partial charge >= 0.3 is 0 Å². The molecule has 0 bridgehead atoms. The molecule has 2 rings (SSSR count). The summed E-state index contributed by atoms with van der Waals surface area (Å²) in [6.45, 7) is 1.96. The van der Waals surface area contributed by atoms with Crippen molar-refractivity contribution in [3.63, 3.8) is 0 Å². The summed E-state index contributed by atoms with van der Waals surface area (Å²) in [6, 6.07) is 10.2. The molecule has 1 aliphatic rings. The summed E-state index contributed by atoms with van der Waals surface area (Å²) >= 11 is 0. The summed E-state index contributed by atoms with van der Waals surface area (Å²) in [5, 5.41) is 10.1. The first-order valence-corrected chi connectivity index (χ1v) is 4.95. The Kier molecular flexibility index (Phi) is 2.12. The molecule has 0 amide bonds. The molecule has 0 saturated heterocycles. The van der Waals surface area contributed by atoms with E-state index in [-0.39, 0.29) is 0 Å².